The van der Waals surface area contributed by atoms with E-state index in [2.05, 4.69) is 11.2 Å². The molecule has 1 rings (SSSR count). The lowest BCUT2D eigenvalue weighted by molar-refractivity contribution is 0.240. The number of thioether (sulfide) groups is 1. The Labute approximate surface area is 99.7 Å². The molecule has 0 aliphatic carbocycles. The van der Waals surface area contributed by atoms with Crippen LogP contribution in [-0.2, 0) is 0 Å². The second-order valence-electron chi connectivity index (χ2n) is 3.08. The Morgan fingerprint density at radius 3 is 2.81 bits per heavy atom. The number of hydroxylamine groups is 1. The number of aliphatic imine (C=N–C) groups is 1. The van der Waals surface area contributed by atoms with Crippen LogP contribution in [0.2, 0.25) is 0 Å². The highest BCUT2D eigenvalue weighted by Gasteiger charge is 1.94. The molecule has 5 heteroatoms. The molecule has 1 aromatic carbocycles. The number of nitrogens with zero attached hydrogens (tertiary/aromatic N) is 1. The third-order valence-corrected chi connectivity index (χ3v) is 2.57. The van der Waals surface area contributed by atoms with Gasteiger partial charge in [0.25, 0.3) is 0 Å². The van der Waals surface area contributed by atoms with Crippen LogP contribution in [0.4, 0.5) is 5.69 Å². The first-order valence-electron chi connectivity index (χ1n) is 5.01. The van der Waals surface area contributed by atoms with Crippen molar-refractivity contribution in [1.29, 1.82) is 0 Å². The van der Waals surface area contributed by atoms with Crippen LogP contribution in [0, 0.1) is 0 Å². The van der Waals surface area contributed by atoms with Gasteiger partial charge in [-0.3, -0.25) is 10.7 Å². The third-order valence-electron chi connectivity index (χ3n) is 1.87. The molecule has 88 valence electrons. The molecule has 0 aromatic heterocycles. The molecule has 0 atom stereocenters. The van der Waals surface area contributed by atoms with Crippen molar-refractivity contribution in [1.82, 2.24) is 5.48 Å². The molecule has 16 heavy (non-hydrogen) atoms. The van der Waals surface area contributed by atoms with Crippen LogP contribution in [0.1, 0.15) is 6.42 Å². The summed E-state index contributed by atoms with van der Waals surface area (Å²) in [5.74, 6) is 1.96. The van der Waals surface area contributed by atoms with Crippen LogP contribution in [0.15, 0.2) is 29.3 Å². The van der Waals surface area contributed by atoms with Crippen molar-refractivity contribution in [2.75, 3.05) is 18.6 Å². The fourth-order valence-electron chi connectivity index (χ4n) is 1.13. The quantitative estimate of drug-likeness (QED) is 0.333. The molecule has 0 fully saturated rings. The largest absolute Gasteiger partial charge is 0.494 e. The fraction of sp³-hybridized carbons (Fsp3) is 0.364. The van der Waals surface area contributed by atoms with Gasteiger partial charge in [-0.2, -0.15) is 11.8 Å². The molecule has 0 aliphatic rings. The highest BCUT2D eigenvalue weighted by Crippen LogP contribution is 2.17. The van der Waals surface area contributed by atoms with Crippen molar-refractivity contribution in [3.8, 4) is 5.75 Å². The van der Waals surface area contributed by atoms with Crippen LogP contribution in [0.5, 0.6) is 5.75 Å². The smallest absolute Gasteiger partial charge is 0.119 e. The Kier molecular flexibility index (Phi) is 6.44. The van der Waals surface area contributed by atoms with Crippen molar-refractivity contribution in [2.45, 2.75) is 6.42 Å². The van der Waals surface area contributed by atoms with Crippen molar-refractivity contribution < 1.29 is 9.94 Å². The van der Waals surface area contributed by atoms with Crippen LogP contribution in [0.3, 0.4) is 0 Å². The summed E-state index contributed by atoms with van der Waals surface area (Å²) in [7, 11) is 0. The van der Waals surface area contributed by atoms with E-state index < -0.39 is 0 Å². The maximum absolute atomic E-state index is 8.32. The van der Waals surface area contributed by atoms with E-state index in [0.717, 1.165) is 30.2 Å². The summed E-state index contributed by atoms with van der Waals surface area (Å²) in [4.78, 5) is 3.93. The molecule has 1 aromatic rings. The van der Waals surface area contributed by atoms with E-state index in [9.17, 15) is 0 Å². The minimum Gasteiger partial charge on any atom is -0.494 e. The van der Waals surface area contributed by atoms with Crippen LogP contribution in [-0.4, -0.2) is 30.2 Å². The molecule has 0 amide bonds. The Morgan fingerprint density at radius 1 is 1.44 bits per heavy atom. The highest BCUT2D eigenvalue weighted by atomic mass is 32.2. The fourth-order valence-corrected chi connectivity index (χ4v) is 1.53. The van der Waals surface area contributed by atoms with Crippen molar-refractivity contribution in [3.05, 3.63) is 24.3 Å². The van der Waals surface area contributed by atoms with Gasteiger partial charge in [-0.15, -0.1) is 0 Å². The van der Waals surface area contributed by atoms with Gasteiger partial charge < -0.3 is 4.74 Å². The topological polar surface area (TPSA) is 53.8 Å². The van der Waals surface area contributed by atoms with Gasteiger partial charge in [0.2, 0.25) is 0 Å². The highest BCUT2D eigenvalue weighted by molar-refractivity contribution is 7.98. The summed E-state index contributed by atoms with van der Waals surface area (Å²) in [6.45, 7) is 0.738. The second kappa shape index (κ2) is 8.01. The maximum atomic E-state index is 8.32. The van der Waals surface area contributed by atoms with Gasteiger partial charge in [0.05, 0.1) is 12.3 Å². The molecule has 0 saturated heterocycles. The zero-order valence-electron chi connectivity index (χ0n) is 9.22. The van der Waals surface area contributed by atoms with E-state index in [1.165, 1.54) is 6.34 Å². The molecule has 0 unspecified atom stereocenters. The average molecular weight is 240 g/mol. The number of benzene rings is 1. The van der Waals surface area contributed by atoms with Gasteiger partial charge >= 0.3 is 0 Å². The molecule has 0 bridgehead atoms. The molecule has 0 heterocycles. The van der Waals surface area contributed by atoms with Crippen molar-refractivity contribution in [3.63, 3.8) is 0 Å². The summed E-state index contributed by atoms with van der Waals surface area (Å²) in [6, 6.07) is 7.39. The first kappa shape index (κ1) is 12.9. The second-order valence-corrected chi connectivity index (χ2v) is 4.06. The standard InChI is InChI=1S/C11H16N2O2S/c1-16-8-2-7-15-11-5-3-10(4-6-11)12-9-13-14/h3-6,9,14H,2,7-8H2,1H3,(H,12,13). The zero-order valence-corrected chi connectivity index (χ0v) is 10.0. The van der Waals surface area contributed by atoms with E-state index in [4.69, 9.17) is 9.94 Å². The summed E-state index contributed by atoms with van der Waals surface area (Å²) < 4.78 is 5.54. The molecular formula is C11H16N2O2S. The van der Waals surface area contributed by atoms with Crippen molar-refractivity contribution in [2.24, 2.45) is 4.99 Å². The number of hydrogen-bond donors (Lipinski definition) is 2. The Morgan fingerprint density at radius 2 is 2.19 bits per heavy atom. The van der Waals surface area contributed by atoms with Gasteiger partial charge in [-0.05, 0) is 42.7 Å². The Balaban J connectivity index is 2.36. The van der Waals surface area contributed by atoms with Gasteiger partial charge in [-0.25, -0.2) is 4.99 Å². The monoisotopic (exact) mass is 240 g/mol. The summed E-state index contributed by atoms with van der Waals surface area (Å²) >= 11 is 1.82. The lowest BCUT2D eigenvalue weighted by Gasteiger charge is -2.05. The lowest BCUT2D eigenvalue weighted by atomic mass is 10.3. The van der Waals surface area contributed by atoms with E-state index in [1.807, 2.05) is 41.5 Å². The zero-order chi connectivity index (χ0) is 11.6. The van der Waals surface area contributed by atoms with Crippen LogP contribution < -0.4 is 10.2 Å². The minimum absolute atomic E-state index is 0.738. The minimum atomic E-state index is 0.738. The summed E-state index contributed by atoms with van der Waals surface area (Å²) in [5, 5.41) is 8.32. The SMILES string of the molecule is CSCCCOc1ccc(N=CNO)cc1. The lowest BCUT2D eigenvalue weighted by Crippen LogP contribution is -2.01. The van der Waals surface area contributed by atoms with E-state index in [-0.39, 0.29) is 0 Å². The van der Waals surface area contributed by atoms with Crippen LogP contribution in [0.25, 0.3) is 0 Å². The van der Waals surface area contributed by atoms with E-state index in [0.29, 0.717) is 0 Å². The Bertz CT molecular complexity index is 314. The first-order chi connectivity index (χ1) is 7.86. The third kappa shape index (κ3) is 5.04. The molecule has 0 radical (unpaired) electrons. The number of hydrogen-bond acceptors (Lipinski definition) is 4. The molecular weight excluding hydrogens is 224 g/mol. The predicted octanol–water partition coefficient (Wildman–Crippen LogP) is 2.46. The predicted molar refractivity (Wildman–Crippen MR) is 68.0 cm³/mol. The molecule has 0 saturated carbocycles. The number of nitrogens with one attached hydrogen (secondary N) is 1. The normalized spacial score (nSPS) is 10.6. The van der Waals surface area contributed by atoms with Gasteiger partial charge in [0, 0.05) is 0 Å². The molecule has 0 spiro atoms. The van der Waals surface area contributed by atoms with Gasteiger partial charge in [-0.1, -0.05) is 0 Å². The van der Waals surface area contributed by atoms with Crippen molar-refractivity contribution >= 4 is 23.8 Å². The Hall–Kier alpha value is -1.20. The number of rotatable bonds is 7. The van der Waals surface area contributed by atoms with E-state index in [1.54, 1.807) is 0 Å². The first-order valence-corrected chi connectivity index (χ1v) is 6.40. The number of ether oxygens (including phenoxy) is 1. The summed E-state index contributed by atoms with van der Waals surface area (Å²) in [5.41, 5.74) is 2.62. The van der Waals surface area contributed by atoms with Crippen LogP contribution >= 0.6 is 11.8 Å². The van der Waals surface area contributed by atoms with Gasteiger partial charge in [0.15, 0.2) is 0 Å². The van der Waals surface area contributed by atoms with Gasteiger partial charge in [0.1, 0.15) is 12.1 Å². The molecule has 2 N–H and O–H groups in total. The molecule has 0 aliphatic heterocycles. The molecule has 4 nitrogen and oxygen atoms in total. The van der Waals surface area contributed by atoms with E-state index >= 15 is 0 Å². The average Bonchev–Trinajstić information content (AvgIpc) is 2.33. The summed E-state index contributed by atoms with van der Waals surface area (Å²) in [6.07, 6.45) is 4.35. The maximum Gasteiger partial charge on any atom is 0.119 e.